The monoisotopic (exact) mass is 253 g/mol. The van der Waals surface area contributed by atoms with Gasteiger partial charge < -0.3 is 5.32 Å². The van der Waals surface area contributed by atoms with Gasteiger partial charge >= 0.3 is 0 Å². The first-order chi connectivity index (χ1) is 6.70. The van der Waals surface area contributed by atoms with Gasteiger partial charge in [0.15, 0.2) is 5.78 Å². The van der Waals surface area contributed by atoms with Crippen LogP contribution in [0.25, 0.3) is 0 Å². The Bertz CT molecular complexity index is 415. The first-order valence-corrected chi connectivity index (χ1v) is 5.35. The summed E-state index contributed by atoms with van der Waals surface area (Å²) in [5, 5.41) is 3.02. The van der Waals surface area contributed by atoms with Gasteiger partial charge in [-0.1, -0.05) is 28.1 Å². The molecule has 4 heteroatoms. The lowest BCUT2D eigenvalue weighted by atomic mass is 10.1. The van der Waals surface area contributed by atoms with Crippen molar-refractivity contribution < 1.29 is 9.59 Å². The summed E-state index contributed by atoms with van der Waals surface area (Å²) in [6, 6.07) is 5.30. The average molecular weight is 254 g/mol. The van der Waals surface area contributed by atoms with Gasteiger partial charge in [0, 0.05) is 11.3 Å². The molecule has 1 aromatic rings. The highest BCUT2D eigenvalue weighted by atomic mass is 79.9. The highest BCUT2D eigenvalue weighted by molar-refractivity contribution is 9.09. The van der Waals surface area contributed by atoms with Crippen molar-refractivity contribution >= 4 is 33.3 Å². The lowest BCUT2D eigenvalue weighted by Crippen LogP contribution is -2.04. The number of rotatable bonds is 2. The zero-order chi connectivity index (χ0) is 10.1. The van der Waals surface area contributed by atoms with Crippen molar-refractivity contribution in [2.75, 3.05) is 10.6 Å². The minimum Gasteiger partial charge on any atom is -0.326 e. The molecule has 1 aliphatic rings. The first kappa shape index (κ1) is 9.40. The Morgan fingerprint density at radius 2 is 2.29 bits per heavy atom. The van der Waals surface area contributed by atoms with Crippen molar-refractivity contribution in [2.24, 2.45) is 0 Å². The zero-order valence-corrected chi connectivity index (χ0v) is 8.93. The van der Waals surface area contributed by atoms with E-state index in [1.54, 1.807) is 12.1 Å². The van der Waals surface area contributed by atoms with Crippen LogP contribution < -0.4 is 5.32 Å². The summed E-state index contributed by atoms with van der Waals surface area (Å²) in [5.74, 6) is 0.0115. The molecular formula is C10H8BrNO2. The van der Waals surface area contributed by atoms with Crippen molar-refractivity contribution in [3.8, 4) is 0 Å². The molecule has 1 aliphatic heterocycles. The summed E-state index contributed by atoms with van der Waals surface area (Å²) in [6.45, 7) is 0. The second-order valence-electron chi connectivity index (χ2n) is 3.15. The number of carbonyl (C=O) groups excluding carboxylic acids is 2. The summed E-state index contributed by atoms with van der Waals surface area (Å²) in [7, 11) is 0. The van der Waals surface area contributed by atoms with Crippen molar-refractivity contribution in [1.82, 2.24) is 0 Å². The molecule has 2 rings (SSSR count). The number of amides is 1. The van der Waals surface area contributed by atoms with Crippen LogP contribution in [-0.4, -0.2) is 17.0 Å². The quantitative estimate of drug-likeness (QED) is 0.645. The number of carbonyl (C=O) groups is 2. The van der Waals surface area contributed by atoms with E-state index < -0.39 is 0 Å². The average Bonchev–Trinajstić information content (AvgIpc) is 2.55. The molecule has 1 aromatic carbocycles. The Morgan fingerprint density at radius 3 is 3.00 bits per heavy atom. The van der Waals surface area contributed by atoms with Gasteiger partial charge in [0.2, 0.25) is 5.91 Å². The van der Waals surface area contributed by atoms with Crippen LogP contribution in [0, 0.1) is 0 Å². The van der Waals surface area contributed by atoms with Gasteiger partial charge in [0.25, 0.3) is 0 Å². The van der Waals surface area contributed by atoms with Gasteiger partial charge in [-0.3, -0.25) is 9.59 Å². The SMILES string of the molecule is O=C1Cc2ccc(C(=O)CBr)cc2N1. The molecule has 0 atom stereocenters. The third-order valence-corrected chi connectivity index (χ3v) is 2.69. The molecular weight excluding hydrogens is 246 g/mol. The van der Waals surface area contributed by atoms with Gasteiger partial charge in [-0.25, -0.2) is 0 Å². The number of nitrogens with one attached hydrogen (secondary N) is 1. The summed E-state index contributed by atoms with van der Waals surface area (Å²) >= 11 is 3.11. The molecule has 0 spiro atoms. The fourth-order valence-electron chi connectivity index (χ4n) is 1.46. The van der Waals surface area contributed by atoms with E-state index in [0.717, 1.165) is 11.3 Å². The van der Waals surface area contributed by atoms with E-state index in [9.17, 15) is 9.59 Å². The Hall–Kier alpha value is -1.16. The number of benzene rings is 1. The summed E-state index contributed by atoms with van der Waals surface area (Å²) in [5.41, 5.74) is 2.35. The lowest BCUT2D eigenvalue weighted by molar-refractivity contribution is -0.115. The maximum Gasteiger partial charge on any atom is 0.228 e. The third kappa shape index (κ3) is 1.57. The number of halogens is 1. The number of Topliss-reactive ketones (excluding diaryl/α,β-unsaturated/α-hetero) is 1. The molecule has 72 valence electrons. The number of anilines is 1. The maximum atomic E-state index is 11.3. The van der Waals surface area contributed by atoms with Gasteiger partial charge in [-0.2, -0.15) is 0 Å². The molecule has 1 N–H and O–H groups in total. The molecule has 0 fully saturated rings. The molecule has 0 unspecified atom stereocenters. The Balaban J connectivity index is 2.37. The predicted octanol–water partition coefficient (Wildman–Crippen LogP) is 1.76. The zero-order valence-electron chi connectivity index (χ0n) is 7.34. The molecule has 0 aromatic heterocycles. The number of fused-ring (bicyclic) bond motifs is 1. The van der Waals surface area contributed by atoms with Crippen molar-refractivity contribution in [1.29, 1.82) is 0 Å². The van der Waals surface area contributed by atoms with Crippen LogP contribution in [0.1, 0.15) is 15.9 Å². The Labute approximate surface area is 89.6 Å². The van der Waals surface area contributed by atoms with Crippen LogP contribution in [-0.2, 0) is 11.2 Å². The van der Waals surface area contributed by atoms with E-state index in [2.05, 4.69) is 21.2 Å². The van der Waals surface area contributed by atoms with Crippen LogP contribution >= 0.6 is 15.9 Å². The summed E-state index contributed by atoms with van der Waals surface area (Å²) in [6.07, 6.45) is 0.415. The molecule has 3 nitrogen and oxygen atoms in total. The highest BCUT2D eigenvalue weighted by Crippen LogP contribution is 2.24. The van der Waals surface area contributed by atoms with Gasteiger partial charge in [-0.05, 0) is 11.6 Å². The van der Waals surface area contributed by atoms with E-state index in [0.29, 0.717) is 17.3 Å². The van der Waals surface area contributed by atoms with Gasteiger partial charge in [-0.15, -0.1) is 0 Å². The molecule has 1 heterocycles. The second kappa shape index (κ2) is 3.53. The fourth-order valence-corrected chi connectivity index (χ4v) is 1.79. The van der Waals surface area contributed by atoms with Gasteiger partial charge in [0.05, 0.1) is 11.8 Å². The molecule has 14 heavy (non-hydrogen) atoms. The molecule has 0 aliphatic carbocycles. The van der Waals surface area contributed by atoms with E-state index in [4.69, 9.17) is 0 Å². The van der Waals surface area contributed by atoms with E-state index in [1.807, 2.05) is 6.07 Å². The van der Waals surface area contributed by atoms with E-state index in [1.165, 1.54) is 0 Å². The smallest absolute Gasteiger partial charge is 0.228 e. The number of alkyl halides is 1. The predicted molar refractivity (Wildman–Crippen MR) is 56.9 cm³/mol. The largest absolute Gasteiger partial charge is 0.326 e. The molecule has 0 saturated carbocycles. The topological polar surface area (TPSA) is 46.2 Å². The van der Waals surface area contributed by atoms with Crippen LogP contribution in [0.3, 0.4) is 0 Å². The minimum atomic E-state index is -0.0107. The van der Waals surface area contributed by atoms with Crippen LogP contribution in [0.4, 0.5) is 5.69 Å². The Kier molecular flexibility index (Phi) is 2.37. The van der Waals surface area contributed by atoms with Crippen LogP contribution in [0.5, 0.6) is 0 Å². The molecule has 1 amide bonds. The normalized spacial score (nSPS) is 13.6. The lowest BCUT2D eigenvalue weighted by Gasteiger charge is -2.01. The minimum absolute atomic E-state index is 0.0107. The van der Waals surface area contributed by atoms with Gasteiger partial charge in [0.1, 0.15) is 0 Å². The third-order valence-electron chi connectivity index (χ3n) is 2.18. The maximum absolute atomic E-state index is 11.3. The molecule has 0 radical (unpaired) electrons. The van der Waals surface area contributed by atoms with Crippen LogP contribution in [0.2, 0.25) is 0 Å². The summed E-state index contributed by atoms with van der Waals surface area (Å²) < 4.78 is 0. The van der Waals surface area contributed by atoms with Crippen molar-refractivity contribution in [3.63, 3.8) is 0 Å². The fraction of sp³-hybridized carbons (Fsp3) is 0.200. The Morgan fingerprint density at radius 1 is 1.50 bits per heavy atom. The van der Waals surface area contributed by atoms with Crippen molar-refractivity contribution in [2.45, 2.75) is 6.42 Å². The second-order valence-corrected chi connectivity index (χ2v) is 3.71. The number of ketones is 1. The highest BCUT2D eigenvalue weighted by Gasteiger charge is 2.18. The van der Waals surface area contributed by atoms with E-state index in [-0.39, 0.29) is 11.7 Å². The standard InChI is InChI=1S/C10H8BrNO2/c11-5-9(13)7-2-1-6-4-10(14)12-8(6)3-7/h1-3H,4-5H2,(H,12,14). The van der Waals surface area contributed by atoms with Crippen molar-refractivity contribution in [3.05, 3.63) is 29.3 Å². The molecule has 0 saturated heterocycles. The van der Waals surface area contributed by atoms with E-state index >= 15 is 0 Å². The van der Waals surface area contributed by atoms with Crippen LogP contribution in [0.15, 0.2) is 18.2 Å². The molecule has 0 bridgehead atoms. The summed E-state index contributed by atoms with van der Waals surface area (Å²) in [4.78, 5) is 22.4. The first-order valence-electron chi connectivity index (χ1n) is 4.22. The number of hydrogen-bond donors (Lipinski definition) is 1. The number of hydrogen-bond acceptors (Lipinski definition) is 2.